The number of carbonyl (C=O) groups is 3. The van der Waals surface area contributed by atoms with E-state index in [1.165, 1.54) is 24.1 Å². The van der Waals surface area contributed by atoms with Crippen molar-refractivity contribution in [3.8, 4) is 5.75 Å². The molecular formula is C28H31FN2O4. The zero-order valence-electron chi connectivity index (χ0n) is 20.0. The number of halogens is 1. The molecular weight excluding hydrogens is 447 g/mol. The molecule has 1 saturated carbocycles. The van der Waals surface area contributed by atoms with E-state index in [4.69, 9.17) is 4.74 Å². The van der Waals surface area contributed by atoms with Crippen molar-refractivity contribution in [2.45, 2.75) is 68.9 Å². The number of para-hydroxylation sites is 1. The van der Waals surface area contributed by atoms with Crippen molar-refractivity contribution in [3.05, 3.63) is 65.5 Å². The predicted octanol–water partition coefficient (Wildman–Crippen LogP) is 4.53. The van der Waals surface area contributed by atoms with Crippen molar-refractivity contribution < 1.29 is 23.5 Å². The van der Waals surface area contributed by atoms with Gasteiger partial charge in [-0.25, -0.2) is 4.39 Å². The van der Waals surface area contributed by atoms with Crippen molar-refractivity contribution in [3.63, 3.8) is 0 Å². The fourth-order valence-electron chi connectivity index (χ4n) is 6.23. The van der Waals surface area contributed by atoms with Crippen LogP contribution in [-0.4, -0.2) is 47.2 Å². The summed E-state index contributed by atoms with van der Waals surface area (Å²) in [5.41, 5.74) is 0.177. The number of benzene rings is 2. The van der Waals surface area contributed by atoms with E-state index in [2.05, 4.69) is 0 Å². The molecule has 3 aliphatic rings. The maximum atomic E-state index is 14.1. The summed E-state index contributed by atoms with van der Waals surface area (Å²) in [6, 6.07) is 13.2. The molecule has 0 unspecified atom stereocenters. The second kappa shape index (κ2) is 9.44. The van der Waals surface area contributed by atoms with E-state index in [0.29, 0.717) is 17.9 Å². The summed E-state index contributed by atoms with van der Waals surface area (Å²) >= 11 is 0. The lowest BCUT2D eigenvalue weighted by molar-refractivity contribution is -0.145. The van der Waals surface area contributed by atoms with E-state index in [9.17, 15) is 18.8 Å². The van der Waals surface area contributed by atoms with Crippen LogP contribution in [0.15, 0.2) is 48.5 Å². The number of ether oxygens (including phenoxy) is 1. The smallest absolute Gasteiger partial charge is 0.241 e. The molecule has 3 amide bonds. The highest BCUT2D eigenvalue weighted by molar-refractivity contribution is 6.11. The van der Waals surface area contributed by atoms with Crippen LogP contribution in [0.3, 0.4) is 0 Å². The van der Waals surface area contributed by atoms with E-state index < -0.39 is 5.41 Å². The van der Waals surface area contributed by atoms with Crippen LogP contribution in [0.25, 0.3) is 0 Å². The first-order valence-corrected chi connectivity index (χ1v) is 12.5. The van der Waals surface area contributed by atoms with Gasteiger partial charge in [-0.1, -0.05) is 43.2 Å². The van der Waals surface area contributed by atoms with Gasteiger partial charge in [0.15, 0.2) is 0 Å². The third-order valence-electron chi connectivity index (χ3n) is 7.94. The molecule has 2 aliphatic heterocycles. The molecule has 2 aromatic carbocycles. The normalized spacial score (nSPS) is 25.0. The van der Waals surface area contributed by atoms with Gasteiger partial charge in [-0.2, -0.15) is 0 Å². The van der Waals surface area contributed by atoms with Gasteiger partial charge in [0.1, 0.15) is 11.6 Å². The highest BCUT2D eigenvalue weighted by Crippen LogP contribution is 2.47. The number of rotatable bonds is 6. The van der Waals surface area contributed by atoms with Gasteiger partial charge in [0.05, 0.1) is 18.6 Å². The van der Waals surface area contributed by atoms with Crippen LogP contribution in [-0.2, 0) is 19.8 Å². The van der Waals surface area contributed by atoms with Crippen LogP contribution in [0.5, 0.6) is 5.75 Å². The first-order chi connectivity index (χ1) is 16.9. The van der Waals surface area contributed by atoms with Crippen LogP contribution >= 0.6 is 0 Å². The molecule has 2 atom stereocenters. The summed E-state index contributed by atoms with van der Waals surface area (Å²) in [6.07, 6.45) is 5.09. The molecule has 3 fully saturated rings. The van der Waals surface area contributed by atoms with E-state index in [0.717, 1.165) is 44.1 Å². The molecule has 7 heteroatoms. The molecule has 0 aromatic heterocycles. The Labute approximate surface area is 205 Å². The highest BCUT2D eigenvalue weighted by atomic mass is 19.1. The second-order valence-electron chi connectivity index (χ2n) is 9.94. The summed E-state index contributed by atoms with van der Waals surface area (Å²) < 4.78 is 19.1. The van der Waals surface area contributed by atoms with E-state index in [-0.39, 0.29) is 48.5 Å². The zero-order valence-corrected chi connectivity index (χ0v) is 20.0. The van der Waals surface area contributed by atoms with Crippen molar-refractivity contribution >= 4 is 17.7 Å². The van der Waals surface area contributed by atoms with Crippen molar-refractivity contribution in [2.75, 3.05) is 13.7 Å². The molecule has 35 heavy (non-hydrogen) atoms. The van der Waals surface area contributed by atoms with Crippen molar-refractivity contribution in [1.82, 2.24) is 9.80 Å². The Morgan fingerprint density at radius 1 is 1.03 bits per heavy atom. The Bertz CT molecular complexity index is 1130. The lowest BCUT2D eigenvalue weighted by Gasteiger charge is -2.33. The monoisotopic (exact) mass is 478 g/mol. The largest absolute Gasteiger partial charge is 0.496 e. The Morgan fingerprint density at radius 2 is 1.74 bits per heavy atom. The van der Waals surface area contributed by atoms with Gasteiger partial charge in [0, 0.05) is 31.0 Å². The summed E-state index contributed by atoms with van der Waals surface area (Å²) in [7, 11) is 1.54. The molecule has 1 aliphatic carbocycles. The molecule has 5 rings (SSSR count). The zero-order chi connectivity index (χ0) is 24.6. The molecule has 184 valence electrons. The number of carbonyl (C=O) groups excluding carboxylic acids is 3. The number of hydrogen-bond acceptors (Lipinski definition) is 4. The average molecular weight is 479 g/mol. The number of likely N-dealkylation sites (tertiary alicyclic amines) is 2. The minimum absolute atomic E-state index is 0.0382. The number of methoxy groups -OCH3 is 1. The standard InChI is InChI=1S/C28H31FN2O4/c1-35-24-11-5-4-9-22(24)28(18-26(33)31(27(28)34)21-7-2-3-8-21)17-25(32)30-16-6-10-23(30)19-12-14-20(29)15-13-19/h4-5,9,11-15,21,23H,2-3,6-8,10,16-18H2,1H3/t23-,28+/m1/s1. The van der Waals surface area contributed by atoms with Crippen molar-refractivity contribution in [1.29, 1.82) is 0 Å². The van der Waals surface area contributed by atoms with Crippen LogP contribution in [0.2, 0.25) is 0 Å². The Kier molecular flexibility index (Phi) is 6.34. The lowest BCUT2D eigenvalue weighted by Crippen LogP contribution is -2.46. The topological polar surface area (TPSA) is 66.9 Å². The van der Waals surface area contributed by atoms with Gasteiger partial charge in [0.2, 0.25) is 17.7 Å². The fourth-order valence-corrected chi connectivity index (χ4v) is 6.23. The number of imide groups is 1. The van der Waals surface area contributed by atoms with Gasteiger partial charge in [-0.15, -0.1) is 0 Å². The molecule has 2 heterocycles. The maximum Gasteiger partial charge on any atom is 0.241 e. The highest BCUT2D eigenvalue weighted by Gasteiger charge is 2.57. The third kappa shape index (κ3) is 4.11. The summed E-state index contributed by atoms with van der Waals surface area (Å²) in [6.45, 7) is 0.567. The lowest BCUT2D eigenvalue weighted by atomic mass is 9.75. The Morgan fingerprint density at radius 3 is 2.46 bits per heavy atom. The number of hydrogen-bond donors (Lipinski definition) is 0. The first kappa shape index (κ1) is 23.5. The van der Waals surface area contributed by atoms with E-state index in [1.54, 1.807) is 29.2 Å². The Balaban J connectivity index is 1.50. The molecule has 0 spiro atoms. The van der Waals surface area contributed by atoms with Crippen molar-refractivity contribution in [2.24, 2.45) is 0 Å². The summed E-state index contributed by atoms with van der Waals surface area (Å²) in [4.78, 5) is 44.4. The third-order valence-corrected chi connectivity index (χ3v) is 7.94. The van der Waals surface area contributed by atoms with Crippen LogP contribution in [0.1, 0.15) is 68.5 Å². The summed E-state index contributed by atoms with van der Waals surface area (Å²) in [5.74, 6) is -0.480. The predicted molar refractivity (Wildman–Crippen MR) is 128 cm³/mol. The van der Waals surface area contributed by atoms with E-state index in [1.807, 2.05) is 12.1 Å². The minimum atomic E-state index is -1.29. The SMILES string of the molecule is COc1ccccc1[C@]1(CC(=O)N2CCC[C@@H]2c2ccc(F)cc2)CC(=O)N(C2CCCC2)C1=O. The molecule has 0 N–H and O–H groups in total. The van der Waals surface area contributed by atoms with Crippen LogP contribution in [0, 0.1) is 5.82 Å². The number of nitrogens with zero attached hydrogens (tertiary/aromatic N) is 2. The quantitative estimate of drug-likeness (QED) is 0.573. The van der Waals surface area contributed by atoms with Gasteiger partial charge in [0.25, 0.3) is 0 Å². The molecule has 2 aromatic rings. The van der Waals surface area contributed by atoms with Gasteiger partial charge >= 0.3 is 0 Å². The summed E-state index contributed by atoms with van der Waals surface area (Å²) in [5, 5.41) is 0. The van der Waals surface area contributed by atoms with Gasteiger partial charge in [-0.05, 0) is 49.4 Å². The Hall–Kier alpha value is -3.22. The molecule has 0 bridgehead atoms. The average Bonchev–Trinajstić information content (AvgIpc) is 3.60. The minimum Gasteiger partial charge on any atom is -0.496 e. The van der Waals surface area contributed by atoms with Crippen LogP contribution in [0.4, 0.5) is 4.39 Å². The first-order valence-electron chi connectivity index (χ1n) is 12.5. The maximum absolute atomic E-state index is 14.1. The van der Waals surface area contributed by atoms with Gasteiger partial charge < -0.3 is 9.64 Å². The second-order valence-corrected chi connectivity index (χ2v) is 9.94. The van der Waals surface area contributed by atoms with Crippen LogP contribution < -0.4 is 4.74 Å². The number of amides is 3. The van der Waals surface area contributed by atoms with E-state index >= 15 is 0 Å². The molecule has 2 saturated heterocycles. The van der Waals surface area contributed by atoms with Gasteiger partial charge in [-0.3, -0.25) is 19.3 Å². The fraction of sp³-hybridized carbons (Fsp3) is 0.464. The molecule has 0 radical (unpaired) electrons. The molecule has 6 nitrogen and oxygen atoms in total.